The molecule has 0 saturated heterocycles. The quantitative estimate of drug-likeness (QED) is 0.754. The summed E-state index contributed by atoms with van der Waals surface area (Å²) in [6.07, 6.45) is 10.4. The summed E-state index contributed by atoms with van der Waals surface area (Å²) in [6, 6.07) is 0. The predicted octanol–water partition coefficient (Wildman–Crippen LogP) is 3.89. The Morgan fingerprint density at radius 2 is 2.06 bits per heavy atom. The molecule has 1 aromatic heterocycles. The van der Waals surface area contributed by atoms with E-state index in [1.165, 1.54) is 12.0 Å². The number of fused-ring (bicyclic) bond motifs is 7. The van der Waals surface area contributed by atoms with Crippen molar-refractivity contribution in [3.63, 3.8) is 0 Å². The van der Waals surface area contributed by atoms with E-state index < -0.39 is 5.97 Å². The highest BCUT2D eigenvalue weighted by Gasteiger charge is 2.59. The van der Waals surface area contributed by atoms with Crippen LogP contribution in [0.15, 0.2) is 5.57 Å². The molecular weight excluding hydrogens is 392 g/mol. The second-order valence-corrected chi connectivity index (χ2v) is 11.2. The van der Waals surface area contributed by atoms with Gasteiger partial charge in [0.15, 0.2) is 5.82 Å². The Kier molecular flexibility index (Phi) is 5.03. The maximum absolute atomic E-state index is 11.2. The van der Waals surface area contributed by atoms with Crippen molar-refractivity contribution >= 4 is 12.0 Å². The first kappa shape index (κ1) is 21.1. The molecule has 5 rings (SSSR count). The molecule has 3 saturated carbocycles. The molecule has 0 spiro atoms. The summed E-state index contributed by atoms with van der Waals surface area (Å²) in [6.45, 7) is 6.97. The fraction of sp³-hybridized carbons (Fsp3) is 0.833. The Morgan fingerprint density at radius 1 is 1.26 bits per heavy atom. The van der Waals surface area contributed by atoms with Crippen molar-refractivity contribution in [2.24, 2.45) is 35.0 Å². The molecule has 0 radical (unpaired) electrons. The molecule has 0 unspecified atom stereocenters. The Morgan fingerprint density at radius 3 is 2.84 bits per heavy atom. The minimum absolute atomic E-state index is 0.108. The number of carboxylic acids is 1. The first-order chi connectivity index (χ1) is 14.7. The fourth-order valence-corrected chi connectivity index (χ4v) is 8.16. The van der Waals surface area contributed by atoms with Crippen LogP contribution in [-0.4, -0.2) is 42.5 Å². The molecular formula is C24H36N4O3. The first-order valence-corrected chi connectivity index (χ1v) is 12.2. The van der Waals surface area contributed by atoms with E-state index in [2.05, 4.69) is 47.1 Å². The number of nitrogens with zero attached hydrogens (tertiary/aromatic N) is 4. The fourth-order valence-electron chi connectivity index (χ4n) is 8.16. The molecule has 4 aliphatic rings. The summed E-state index contributed by atoms with van der Waals surface area (Å²) in [4.78, 5) is 11.2. The molecule has 2 N–H and O–H groups in total. The molecule has 31 heavy (non-hydrogen) atoms. The molecule has 7 heteroatoms. The zero-order valence-electron chi connectivity index (χ0n) is 19.0. The average Bonchev–Trinajstić information content (AvgIpc) is 3.31. The summed E-state index contributed by atoms with van der Waals surface area (Å²) in [5.41, 5.74) is 1.42. The standard InChI is InChI=1S/C24H36N4O3/c1-14(4-9-22(30)31)18-7-8-19-17-6-5-15-12-16(29)10-11-23(15,2)20(17)13-21-25-26-27-28(21)24(18,19)3/h13-19,29H,4-12H2,1-3H3,(H,30,31)/t14-,15-,16-,17+,18-,19+,23+,24-/m1/s1. The van der Waals surface area contributed by atoms with Crippen molar-refractivity contribution in [2.75, 3.05) is 0 Å². The smallest absolute Gasteiger partial charge is 0.303 e. The lowest BCUT2D eigenvalue weighted by atomic mass is 9.52. The van der Waals surface area contributed by atoms with Gasteiger partial charge in [0, 0.05) is 6.42 Å². The van der Waals surface area contributed by atoms with Crippen LogP contribution in [0.4, 0.5) is 0 Å². The zero-order chi connectivity index (χ0) is 22.0. The van der Waals surface area contributed by atoms with E-state index in [4.69, 9.17) is 0 Å². The molecule has 170 valence electrons. The lowest BCUT2D eigenvalue weighted by Gasteiger charge is -2.53. The minimum Gasteiger partial charge on any atom is -0.481 e. The van der Waals surface area contributed by atoms with Crippen LogP contribution >= 0.6 is 0 Å². The van der Waals surface area contributed by atoms with Gasteiger partial charge in [0.25, 0.3) is 0 Å². The molecule has 3 fully saturated rings. The number of allylic oxidation sites excluding steroid dienone is 1. The second-order valence-electron chi connectivity index (χ2n) is 11.2. The SMILES string of the molecule is C[C@H](CCC(=O)O)[C@H]1CC[C@H]2[C@@H]3CC[C@@H]4C[C@H](O)CC[C@]4(C)C3=Cc3nnnn3[C@]12C. The Balaban J connectivity index is 1.55. The second kappa shape index (κ2) is 7.39. The summed E-state index contributed by atoms with van der Waals surface area (Å²) in [5, 5.41) is 32.6. The number of hydrogen-bond donors (Lipinski definition) is 2. The van der Waals surface area contributed by atoms with Crippen LogP contribution < -0.4 is 0 Å². The van der Waals surface area contributed by atoms with Gasteiger partial charge in [-0.3, -0.25) is 4.79 Å². The molecule has 3 aliphatic carbocycles. The lowest BCUT2D eigenvalue weighted by molar-refractivity contribution is -0.137. The number of carboxylic acid groups (broad SMARTS) is 1. The Labute approximate surface area is 184 Å². The van der Waals surface area contributed by atoms with Crippen LogP contribution in [0.2, 0.25) is 0 Å². The average molecular weight is 429 g/mol. The van der Waals surface area contributed by atoms with Gasteiger partial charge in [-0.05, 0) is 110 Å². The van der Waals surface area contributed by atoms with Crippen molar-refractivity contribution in [3.05, 3.63) is 11.4 Å². The van der Waals surface area contributed by atoms with Crippen molar-refractivity contribution in [3.8, 4) is 0 Å². The van der Waals surface area contributed by atoms with Crippen molar-refractivity contribution in [2.45, 2.75) is 90.2 Å². The third kappa shape index (κ3) is 3.10. The number of aliphatic carboxylic acids is 1. The molecule has 0 amide bonds. The van der Waals surface area contributed by atoms with Gasteiger partial charge >= 0.3 is 5.97 Å². The topological polar surface area (TPSA) is 101 Å². The van der Waals surface area contributed by atoms with E-state index in [9.17, 15) is 15.0 Å². The van der Waals surface area contributed by atoms with Crippen LogP contribution in [0.25, 0.3) is 6.08 Å². The van der Waals surface area contributed by atoms with Crippen LogP contribution in [0.1, 0.15) is 84.4 Å². The molecule has 2 heterocycles. The number of carbonyl (C=O) groups is 1. The summed E-state index contributed by atoms with van der Waals surface area (Å²) < 4.78 is 2.09. The highest BCUT2D eigenvalue weighted by atomic mass is 16.4. The van der Waals surface area contributed by atoms with Gasteiger partial charge in [0.05, 0.1) is 11.6 Å². The normalized spacial score (nSPS) is 42.5. The first-order valence-electron chi connectivity index (χ1n) is 12.2. The van der Waals surface area contributed by atoms with E-state index in [1.54, 1.807) is 0 Å². The minimum atomic E-state index is -0.717. The van der Waals surface area contributed by atoms with Gasteiger partial charge in [-0.15, -0.1) is 5.10 Å². The molecule has 1 aliphatic heterocycles. The number of aliphatic hydroxyl groups is 1. The van der Waals surface area contributed by atoms with E-state index in [0.717, 1.165) is 44.3 Å². The van der Waals surface area contributed by atoms with Crippen LogP contribution in [-0.2, 0) is 10.3 Å². The number of rotatable bonds is 4. The maximum atomic E-state index is 11.2. The summed E-state index contributed by atoms with van der Waals surface area (Å²) in [7, 11) is 0. The van der Waals surface area contributed by atoms with Gasteiger partial charge in [-0.1, -0.05) is 19.4 Å². The predicted molar refractivity (Wildman–Crippen MR) is 116 cm³/mol. The van der Waals surface area contributed by atoms with Crippen molar-refractivity contribution in [1.29, 1.82) is 0 Å². The number of aliphatic hydroxyl groups excluding tert-OH is 1. The highest BCUT2D eigenvalue weighted by Crippen LogP contribution is 2.63. The van der Waals surface area contributed by atoms with E-state index in [0.29, 0.717) is 36.0 Å². The van der Waals surface area contributed by atoms with Crippen LogP contribution in [0.3, 0.4) is 0 Å². The van der Waals surface area contributed by atoms with Gasteiger partial charge in [0.1, 0.15) is 0 Å². The third-order valence-electron chi connectivity index (χ3n) is 9.85. The van der Waals surface area contributed by atoms with E-state index >= 15 is 0 Å². The third-order valence-corrected chi connectivity index (χ3v) is 9.85. The molecule has 1 aromatic rings. The lowest BCUT2D eigenvalue weighted by Crippen LogP contribution is -2.49. The summed E-state index contributed by atoms with van der Waals surface area (Å²) in [5.74, 6) is 2.30. The maximum Gasteiger partial charge on any atom is 0.303 e. The number of aromatic nitrogens is 4. The number of tetrazole rings is 1. The molecule has 0 aromatic carbocycles. The Hall–Kier alpha value is -1.76. The molecule has 7 nitrogen and oxygen atoms in total. The zero-order valence-corrected chi connectivity index (χ0v) is 19.0. The van der Waals surface area contributed by atoms with Gasteiger partial charge < -0.3 is 10.2 Å². The van der Waals surface area contributed by atoms with Crippen molar-refractivity contribution in [1.82, 2.24) is 20.2 Å². The van der Waals surface area contributed by atoms with Gasteiger partial charge in [-0.2, -0.15) is 0 Å². The van der Waals surface area contributed by atoms with Crippen molar-refractivity contribution < 1.29 is 15.0 Å². The number of hydrogen-bond acceptors (Lipinski definition) is 5. The molecule has 8 atom stereocenters. The van der Waals surface area contributed by atoms with Gasteiger partial charge in [0.2, 0.25) is 0 Å². The van der Waals surface area contributed by atoms with Crippen LogP contribution in [0, 0.1) is 35.0 Å². The highest BCUT2D eigenvalue weighted by molar-refractivity contribution is 5.66. The van der Waals surface area contributed by atoms with E-state index in [1.807, 2.05) is 0 Å². The molecule has 0 bridgehead atoms. The monoisotopic (exact) mass is 428 g/mol. The Bertz CT molecular complexity index is 897. The van der Waals surface area contributed by atoms with Crippen LogP contribution in [0.5, 0.6) is 0 Å². The van der Waals surface area contributed by atoms with E-state index in [-0.39, 0.29) is 23.5 Å². The van der Waals surface area contributed by atoms with Gasteiger partial charge in [-0.25, -0.2) is 4.68 Å². The largest absolute Gasteiger partial charge is 0.481 e. The summed E-state index contributed by atoms with van der Waals surface area (Å²) >= 11 is 0.